The molecule has 6 heteroatoms. The first kappa shape index (κ1) is 11.9. The van der Waals surface area contributed by atoms with E-state index in [1.807, 2.05) is 13.8 Å². The van der Waals surface area contributed by atoms with E-state index in [2.05, 4.69) is 31.3 Å². The number of halogens is 1. The van der Waals surface area contributed by atoms with Crippen molar-refractivity contribution in [2.24, 2.45) is 0 Å². The summed E-state index contributed by atoms with van der Waals surface area (Å²) in [5.74, 6) is 0.508. The zero-order valence-corrected chi connectivity index (χ0v) is 11.2. The molecule has 5 nitrogen and oxygen atoms in total. The predicted octanol–water partition coefficient (Wildman–Crippen LogP) is 2.81. The van der Waals surface area contributed by atoms with E-state index in [-0.39, 0.29) is 11.9 Å². The number of hydrogen-bond acceptors (Lipinski definition) is 2. The summed E-state index contributed by atoms with van der Waals surface area (Å²) in [7, 11) is 0. The first-order chi connectivity index (χ1) is 8.08. The van der Waals surface area contributed by atoms with Gasteiger partial charge in [0.2, 0.25) is 0 Å². The highest BCUT2D eigenvalue weighted by Crippen LogP contribution is 2.15. The molecule has 0 saturated heterocycles. The summed E-state index contributed by atoms with van der Waals surface area (Å²) in [4.78, 5) is 14.8. The quantitative estimate of drug-likeness (QED) is 0.915. The topological polar surface area (TPSA) is 62.7 Å². The molecule has 0 aliphatic heterocycles. The minimum Gasteiger partial charge on any atom is -0.356 e. The third-order valence-corrected chi connectivity index (χ3v) is 2.75. The number of aromatic nitrogens is 3. The molecule has 0 unspecified atom stereocenters. The Morgan fingerprint density at radius 3 is 2.94 bits per heavy atom. The van der Waals surface area contributed by atoms with E-state index in [0.29, 0.717) is 11.5 Å². The Labute approximate surface area is 107 Å². The molecule has 0 spiro atoms. The van der Waals surface area contributed by atoms with Crippen LogP contribution in [-0.4, -0.2) is 20.7 Å². The average molecular weight is 297 g/mol. The number of nitrogens with zero attached hydrogens (tertiary/aromatic N) is 2. The van der Waals surface area contributed by atoms with Gasteiger partial charge >= 0.3 is 0 Å². The number of nitrogens with one attached hydrogen (secondary N) is 2. The second kappa shape index (κ2) is 4.75. The van der Waals surface area contributed by atoms with Gasteiger partial charge in [0.1, 0.15) is 11.5 Å². The number of rotatable bonds is 3. The van der Waals surface area contributed by atoms with Crippen molar-refractivity contribution in [3.05, 3.63) is 34.7 Å². The summed E-state index contributed by atoms with van der Waals surface area (Å²) in [6.45, 7) is 4.02. The van der Waals surface area contributed by atoms with Gasteiger partial charge in [-0.25, -0.2) is 4.68 Å². The number of carbonyl (C=O) groups excluding carboxylic acids is 1. The lowest BCUT2D eigenvalue weighted by atomic mass is 10.4. The van der Waals surface area contributed by atoms with Gasteiger partial charge in [-0.2, -0.15) is 5.10 Å². The number of H-pyrrole nitrogens is 1. The van der Waals surface area contributed by atoms with Crippen LogP contribution in [0.1, 0.15) is 30.4 Å². The standard InChI is InChI=1S/C11H13BrN4O/c1-7(2)16-10(3-4-14-16)15-11(17)9-5-8(12)6-13-9/h3-7,13H,1-2H3,(H,15,17). The van der Waals surface area contributed by atoms with Crippen LogP contribution in [0, 0.1) is 0 Å². The number of amides is 1. The normalized spacial score (nSPS) is 10.8. The molecule has 0 aliphatic rings. The summed E-state index contributed by atoms with van der Waals surface area (Å²) < 4.78 is 2.61. The molecule has 0 atom stereocenters. The fraction of sp³-hybridized carbons (Fsp3) is 0.273. The largest absolute Gasteiger partial charge is 0.356 e. The van der Waals surface area contributed by atoms with E-state index >= 15 is 0 Å². The summed E-state index contributed by atoms with van der Waals surface area (Å²) in [5.41, 5.74) is 0.508. The van der Waals surface area contributed by atoms with Crippen molar-refractivity contribution in [2.45, 2.75) is 19.9 Å². The molecule has 0 bridgehead atoms. The maximum Gasteiger partial charge on any atom is 0.273 e. The molecule has 2 heterocycles. The molecule has 90 valence electrons. The molecule has 17 heavy (non-hydrogen) atoms. The van der Waals surface area contributed by atoms with Gasteiger partial charge in [-0.05, 0) is 35.8 Å². The molecule has 1 amide bonds. The molecule has 0 aliphatic carbocycles. The molecule has 2 rings (SSSR count). The first-order valence-corrected chi connectivity index (χ1v) is 6.06. The van der Waals surface area contributed by atoms with Crippen molar-refractivity contribution in [2.75, 3.05) is 5.32 Å². The number of hydrogen-bond donors (Lipinski definition) is 2. The van der Waals surface area contributed by atoms with Gasteiger partial charge in [-0.3, -0.25) is 4.79 Å². The highest BCUT2D eigenvalue weighted by molar-refractivity contribution is 9.10. The van der Waals surface area contributed by atoms with Crippen LogP contribution in [0.3, 0.4) is 0 Å². The van der Waals surface area contributed by atoms with Gasteiger partial charge in [0.25, 0.3) is 5.91 Å². The summed E-state index contributed by atoms with van der Waals surface area (Å²) >= 11 is 3.29. The van der Waals surface area contributed by atoms with Crippen LogP contribution >= 0.6 is 15.9 Å². The monoisotopic (exact) mass is 296 g/mol. The maximum absolute atomic E-state index is 11.9. The number of anilines is 1. The molecular formula is C11H13BrN4O. The maximum atomic E-state index is 11.9. The van der Waals surface area contributed by atoms with E-state index in [4.69, 9.17) is 0 Å². The summed E-state index contributed by atoms with van der Waals surface area (Å²) in [6.07, 6.45) is 3.38. The minimum atomic E-state index is -0.182. The fourth-order valence-electron chi connectivity index (χ4n) is 1.51. The number of carbonyl (C=O) groups is 1. The zero-order chi connectivity index (χ0) is 12.4. The Morgan fingerprint density at radius 1 is 1.59 bits per heavy atom. The van der Waals surface area contributed by atoms with Gasteiger partial charge < -0.3 is 10.3 Å². The minimum absolute atomic E-state index is 0.182. The lowest BCUT2D eigenvalue weighted by molar-refractivity contribution is 0.102. The van der Waals surface area contributed by atoms with Crippen molar-refractivity contribution in [1.29, 1.82) is 0 Å². The molecule has 2 aromatic rings. The average Bonchev–Trinajstić information content (AvgIpc) is 2.86. The van der Waals surface area contributed by atoms with Crippen molar-refractivity contribution in [3.8, 4) is 0 Å². The second-order valence-electron chi connectivity index (χ2n) is 3.94. The van der Waals surface area contributed by atoms with Crippen LogP contribution in [0.2, 0.25) is 0 Å². The van der Waals surface area contributed by atoms with Crippen LogP contribution in [0.4, 0.5) is 5.82 Å². The third-order valence-electron chi connectivity index (χ3n) is 2.29. The number of aromatic amines is 1. The van der Waals surface area contributed by atoms with Crippen molar-refractivity contribution < 1.29 is 4.79 Å². The van der Waals surface area contributed by atoms with E-state index in [9.17, 15) is 4.79 Å². The van der Waals surface area contributed by atoms with Crippen molar-refractivity contribution in [3.63, 3.8) is 0 Å². The van der Waals surface area contributed by atoms with Crippen LogP contribution in [0.5, 0.6) is 0 Å². The van der Waals surface area contributed by atoms with Gasteiger partial charge in [-0.1, -0.05) is 0 Å². The Hall–Kier alpha value is -1.56. The first-order valence-electron chi connectivity index (χ1n) is 5.26. The van der Waals surface area contributed by atoms with Gasteiger partial charge in [0.05, 0.1) is 6.20 Å². The van der Waals surface area contributed by atoms with Crippen LogP contribution < -0.4 is 5.32 Å². The zero-order valence-electron chi connectivity index (χ0n) is 9.57. The van der Waals surface area contributed by atoms with E-state index < -0.39 is 0 Å². The van der Waals surface area contributed by atoms with Crippen LogP contribution in [0.15, 0.2) is 29.0 Å². The van der Waals surface area contributed by atoms with Crippen molar-refractivity contribution >= 4 is 27.7 Å². The van der Waals surface area contributed by atoms with Crippen molar-refractivity contribution in [1.82, 2.24) is 14.8 Å². The van der Waals surface area contributed by atoms with Gasteiger partial charge in [0.15, 0.2) is 0 Å². The Morgan fingerprint density at radius 2 is 2.35 bits per heavy atom. The molecule has 2 aromatic heterocycles. The highest BCUT2D eigenvalue weighted by Gasteiger charge is 2.12. The summed E-state index contributed by atoms with van der Waals surface area (Å²) in [6, 6.07) is 3.71. The third kappa shape index (κ3) is 2.58. The molecule has 0 fully saturated rings. The predicted molar refractivity (Wildman–Crippen MR) is 69.1 cm³/mol. The van der Waals surface area contributed by atoms with Crippen LogP contribution in [-0.2, 0) is 0 Å². The lowest BCUT2D eigenvalue weighted by Gasteiger charge is -2.11. The smallest absolute Gasteiger partial charge is 0.273 e. The Balaban J connectivity index is 2.16. The summed E-state index contributed by atoms with van der Waals surface area (Å²) in [5, 5.41) is 6.96. The lowest BCUT2D eigenvalue weighted by Crippen LogP contribution is -2.16. The molecule has 2 N–H and O–H groups in total. The van der Waals surface area contributed by atoms with E-state index in [1.54, 1.807) is 29.2 Å². The SMILES string of the molecule is CC(C)n1nccc1NC(=O)c1cc(Br)c[nH]1. The fourth-order valence-corrected chi connectivity index (χ4v) is 1.85. The molecule has 0 saturated carbocycles. The molecule has 0 radical (unpaired) electrons. The van der Waals surface area contributed by atoms with Gasteiger partial charge in [0, 0.05) is 22.8 Å². The Kier molecular flexibility index (Phi) is 3.33. The van der Waals surface area contributed by atoms with Gasteiger partial charge in [-0.15, -0.1) is 0 Å². The van der Waals surface area contributed by atoms with E-state index in [1.165, 1.54) is 0 Å². The Bertz CT molecular complexity index is 529. The highest BCUT2D eigenvalue weighted by atomic mass is 79.9. The van der Waals surface area contributed by atoms with E-state index in [0.717, 1.165) is 4.47 Å². The van der Waals surface area contributed by atoms with Crippen LogP contribution in [0.25, 0.3) is 0 Å². The molecular weight excluding hydrogens is 284 g/mol. The molecule has 0 aromatic carbocycles. The second-order valence-corrected chi connectivity index (χ2v) is 4.86.